The highest BCUT2D eigenvalue weighted by atomic mass is 16.5. The van der Waals surface area contributed by atoms with Crippen LogP contribution in [0.25, 0.3) is 0 Å². The molecule has 0 atom stereocenters. The van der Waals surface area contributed by atoms with E-state index in [0.29, 0.717) is 18.2 Å². The summed E-state index contributed by atoms with van der Waals surface area (Å²) >= 11 is 0. The highest BCUT2D eigenvalue weighted by molar-refractivity contribution is 5.47. The van der Waals surface area contributed by atoms with Crippen LogP contribution in [-0.2, 0) is 4.74 Å². The van der Waals surface area contributed by atoms with Crippen LogP contribution in [0, 0.1) is 18.3 Å². The van der Waals surface area contributed by atoms with Crippen LogP contribution in [0.1, 0.15) is 37.9 Å². The standard InChI is InChI=1S/C15H23N3O/c1-5-14(6-2)18(7-8-19-4)15-10-13(11-16)9-12(3)17-15/h9-10,14H,5-8H2,1-4H3. The van der Waals surface area contributed by atoms with Gasteiger partial charge < -0.3 is 9.64 Å². The monoisotopic (exact) mass is 261 g/mol. The first kappa shape index (κ1) is 15.5. The maximum Gasteiger partial charge on any atom is 0.130 e. The minimum absolute atomic E-state index is 0.427. The molecule has 0 aliphatic rings. The van der Waals surface area contributed by atoms with Gasteiger partial charge in [-0.3, -0.25) is 0 Å². The van der Waals surface area contributed by atoms with Gasteiger partial charge in [-0.25, -0.2) is 4.98 Å². The van der Waals surface area contributed by atoms with Crippen LogP contribution >= 0.6 is 0 Å². The van der Waals surface area contributed by atoms with E-state index in [2.05, 4.69) is 29.8 Å². The third-order valence-electron chi connectivity index (χ3n) is 3.28. The van der Waals surface area contributed by atoms with Crippen LogP contribution in [0.2, 0.25) is 0 Å². The van der Waals surface area contributed by atoms with E-state index in [4.69, 9.17) is 10.00 Å². The van der Waals surface area contributed by atoms with Crippen molar-refractivity contribution in [2.75, 3.05) is 25.2 Å². The lowest BCUT2D eigenvalue weighted by molar-refractivity contribution is 0.202. The maximum atomic E-state index is 9.08. The van der Waals surface area contributed by atoms with Crippen LogP contribution in [0.15, 0.2) is 12.1 Å². The van der Waals surface area contributed by atoms with Crippen molar-refractivity contribution in [1.29, 1.82) is 5.26 Å². The third kappa shape index (κ3) is 4.22. The number of nitriles is 1. The molecule has 0 N–H and O–H groups in total. The minimum Gasteiger partial charge on any atom is -0.383 e. The van der Waals surface area contributed by atoms with Crippen molar-refractivity contribution in [3.63, 3.8) is 0 Å². The van der Waals surface area contributed by atoms with Crippen LogP contribution in [-0.4, -0.2) is 31.3 Å². The van der Waals surface area contributed by atoms with E-state index in [9.17, 15) is 0 Å². The Bertz CT molecular complexity index is 436. The molecule has 0 aliphatic heterocycles. The molecule has 4 heteroatoms. The number of aryl methyl sites for hydroxylation is 1. The molecule has 0 spiro atoms. The number of hydrogen-bond donors (Lipinski definition) is 0. The molecule has 0 radical (unpaired) electrons. The minimum atomic E-state index is 0.427. The van der Waals surface area contributed by atoms with Gasteiger partial charge in [-0.1, -0.05) is 13.8 Å². The highest BCUT2D eigenvalue weighted by Gasteiger charge is 2.17. The first-order valence-corrected chi connectivity index (χ1v) is 6.80. The number of pyridine rings is 1. The van der Waals surface area contributed by atoms with E-state index in [0.717, 1.165) is 30.9 Å². The molecule has 0 bridgehead atoms. The third-order valence-corrected chi connectivity index (χ3v) is 3.28. The van der Waals surface area contributed by atoms with E-state index in [1.165, 1.54) is 0 Å². The fourth-order valence-electron chi connectivity index (χ4n) is 2.27. The van der Waals surface area contributed by atoms with Crippen molar-refractivity contribution in [1.82, 2.24) is 4.98 Å². The SMILES string of the molecule is CCC(CC)N(CCOC)c1cc(C#N)cc(C)n1. The van der Waals surface area contributed by atoms with E-state index in [-0.39, 0.29) is 0 Å². The smallest absolute Gasteiger partial charge is 0.130 e. The molecule has 0 saturated heterocycles. The topological polar surface area (TPSA) is 49.1 Å². The lowest BCUT2D eigenvalue weighted by Crippen LogP contribution is -2.37. The van der Waals surface area contributed by atoms with Crippen molar-refractivity contribution in [2.45, 2.75) is 39.7 Å². The van der Waals surface area contributed by atoms with Gasteiger partial charge in [0.2, 0.25) is 0 Å². The Morgan fingerprint density at radius 3 is 2.58 bits per heavy atom. The maximum absolute atomic E-state index is 9.08. The Labute approximate surface area is 116 Å². The van der Waals surface area contributed by atoms with Crippen molar-refractivity contribution in [2.24, 2.45) is 0 Å². The lowest BCUT2D eigenvalue weighted by Gasteiger charge is -2.31. The summed E-state index contributed by atoms with van der Waals surface area (Å²) < 4.78 is 5.19. The largest absolute Gasteiger partial charge is 0.383 e. The number of ether oxygens (including phenoxy) is 1. The molecule has 0 fully saturated rings. The number of hydrogen-bond acceptors (Lipinski definition) is 4. The normalized spacial score (nSPS) is 10.5. The van der Waals surface area contributed by atoms with Gasteiger partial charge in [0.25, 0.3) is 0 Å². The Balaban J connectivity index is 3.08. The Morgan fingerprint density at radius 1 is 1.37 bits per heavy atom. The molecule has 1 aromatic rings. The summed E-state index contributed by atoms with van der Waals surface area (Å²) in [6.07, 6.45) is 2.11. The summed E-state index contributed by atoms with van der Waals surface area (Å²) in [4.78, 5) is 6.82. The average molecular weight is 261 g/mol. The predicted octanol–water partition coefficient (Wildman–Crippen LogP) is 2.90. The zero-order valence-corrected chi connectivity index (χ0v) is 12.3. The van der Waals surface area contributed by atoms with Crippen LogP contribution in [0.5, 0.6) is 0 Å². The van der Waals surface area contributed by atoms with Crippen LogP contribution < -0.4 is 4.90 Å². The van der Waals surface area contributed by atoms with Gasteiger partial charge >= 0.3 is 0 Å². The number of rotatable bonds is 7. The molecule has 0 unspecified atom stereocenters. The first-order chi connectivity index (χ1) is 9.15. The fourth-order valence-corrected chi connectivity index (χ4v) is 2.27. The average Bonchev–Trinajstić information content (AvgIpc) is 2.42. The number of anilines is 1. The molecule has 0 aliphatic carbocycles. The van der Waals surface area contributed by atoms with Gasteiger partial charge in [0.05, 0.1) is 18.2 Å². The molecular weight excluding hydrogens is 238 g/mol. The van der Waals surface area contributed by atoms with Crippen molar-refractivity contribution in [3.05, 3.63) is 23.4 Å². The zero-order valence-electron chi connectivity index (χ0n) is 12.3. The summed E-state index contributed by atoms with van der Waals surface area (Å²) in [6.45, 7) is 7.73. The van der Waals surface area contributed by atoms with E-state index in [1.807, 2.05) is 19.1 Å². The molecule has 0 aromatic carbocycles. The number of aromatic nitrogens is 1. The number of methoxy groups -OCH3 is 1. The molecule has 19 heavy (non-hydrogen) atoms. The summed E-state index contributed by atoms with van der Waals surface area (Å²) in [7, 11) is 1.70. The highest BCUT2D eigenvalue weighted by Crippen LogP contribution is 2.20. The van der Waals surface area contributed by atoms with Gasteiger partial charge in [-0.05, 0) is 31.9 Å². The summed E-state index contributed by atoms with van der Waals surface area (Å²) in [5, 5.41) is 9.08. The Hall–Kier alpha value is -1.60. The zero-order chi connectivity index (χ0) is 14.3. The summed E-state index contributed by atoms with van der Waals surface area (Å²) in [6, 6.07) is 6.30. The number of nitrogens with zero attached hydrogens (tertiary/aromatic N) is 3. The molecule has 1 rings (SSSR count). The molecule has 0 saturated carbocycles. The molecule has 1 aromatic heterocycles. The van der Waals surface area contributed by atoms with Crippen molar-refractivity contribution < 1.29 is 4.74 Å². The molecule has 104 valence electrons. The van der Waals surface area contributed by atoms with E-state index in [1.54, 1.807) is 7.11 Å². The Kier molecular flexibility index (Phi) is 6.31. The summed E-state index contributed by atoms with van der Waals surface area (Å²) in [5.74, 6) is 0.877. The van der Waals surface area contributed by atoms with Crippen molar-refractivity contribution >= 4 is 5.82 Å². The molecule has 1 heterocycles. The molecule has 4 nitrogen and oxygen atoms in total. The second kappa shape index (κ2) is 7.75. The Morgan fingerprint density at radius 2 is 2.05 bits per heavy atom. The van der Waals surface area contributed by atoms with Gasteiger partial charge in [-0.2, -0.15) is 5.26 Å². The van der Waals surface area contributed by atoms with Gasteiger partial charge in [-0.15, -0.1) is 0 Å². The first-order valence-electron chi connectivity index (χ1n) is 6.80. The summed E-state index contributed by atoms with van der Waals surface area (Å²) in [5.41, 5.74) is 1.54. The fraction of sp³-hybridized carbons (Fsp3) is 0.600. The second-order valence-electron chi connectivity index (χ2n) is 4.62. The molecular formula is C15H23N3O. The van der Waals surface area contributed by atoms with E-state index < -0.39 is 0 Å². The van der Waals surface area contributed by atoms with E-state index >= 15 is 0 Å². The van der Waals surface area contributed by atoms with Crippen LogP contribution in [0.3, 0.4) is 0 Å². The van der Waals surface area contributed by atoms with Gasteiger partial charge in [0.1, 0.15) is 5.82 Å². The van der Waals surface area contributed by atoms with Crippen LogP contribution in [0.4, 0.5) is 5.82 Å². The lowest BCUT2D eigenvalue weighted by atomic mass is 10.1. The molecule has 0 amide bonds. The van der Waals surface area contributed by atoms with Gasteiger partial charge in [0.15, 0.2) is 0 Å². The van der Waals surface area contributed by atoms with Gasteiger partial charge in [0, 0.05) is 25.4 Å². The quantitative estimate of drug-likeness (QED) is 0.757. The predicted molar refractivity (Wildman–Crippen MR) is 77.3 cm³/mol. The van der Waals surface area contributed by atoms with Crippen molar-refractivity contribution in [3.8, 4) is 6.07 Å². The second-order valence-corrected chi connectivity index (χ2v) is 4.62.